The number of thiazole rings is 1. The number of hydrogen-bond acceptors (Lipinski definition) is 6. The highest BCUT2D eigenvalue weighted by Gasteiger charge is 2.20. The minimum atomic E-state index is -0.173. The van der Waals surface area contributed by atoms with Crippen LogP contribution in [0.5, 0.6) is 5.75 Å². The van der Waals surface area contributed by atoms with Crippen molar-refractivity contribution in [3.63, 3.8) is 0 Å². The molecule has 8 heteroatoms. The van der Waals surface area contributed by atoms with Crippen LogP contribution in [0.1, 0.15) is 33.8 Å². The number of carbonyl (C=O) groups excluding carboxylic acids is 2. The van der Waals surface area contributed by atoms with E-state index in [1.807, 2.05) is 4.90 Å². The number of hydrogen-bond donors (Lipinski definition) is 1. The van der Waals surface area contributed by atoms with Gasteiger partial charge in [-0.15, -0.1) is 11.3 Å². The van der Waals surface area contributed by atoms with Gasteiger partial charge in [-0.05, 0) is 37.7 Å². The molecule has 2 aliphatic rings. The molecule has 3 heterocycles. The second kappa shape index (κ2) is 8.28. The predicted octanol–water partition coefficient (Wildman–Crippen LogP) is 2.38. The number of aromatic nitrogens is 1. The van der Waals surface area contributed by atoms with Crippen molar-refractivity contribution in [3.8, 4) is 5.75 Å². The first-order valence-electron chi connectivity index (χ1n) is 9.57. The van der Waals surface area contributed by atoms with Crippen molar-refractivity contribution in [1.82, 2.24) is 14.8 Å². The van der Waals surface area contributed by atoms with Gasteiger partial charge in [-0.1, -0.05) is 0 Å². The number of likely N-dealkylation sites (N-methyl/N-ethyl adjacent to an activating group) is 1. The lowest BCUT2D eigenvalue weighted by molar-refractivity contribution is -0.128. The summed E-state index contributed by atoms with van der Waals surface area (Å²) in [5, 5.41) is 3.55. The van der Waals surface area contributed by atoms with Gasteiger partial charge in [0.25, 0.3) is 5.91 Å². The molecule has 1 aromatic carbocycles. The standard InChI is InChI=1S/C20H24N4O3S/c1-23-10-8-16-17(13-23)28-20(21-16)22-19(26)14-4-6-15(7-5-14)27-12-11-24-9-2-3-18(24)25/h4-7H,2-3,8-13H2,1H3,(H,21,22,26). The van der Waals surface area contributed by atoms with Crippen LogP contribution in [0, 0.1) is 0 Å². The maximum Gasteiger partial charge on any atom is 0.257 e. The van der Waals surface area contributed by atoms with Gasteiger partial charge >= 0.3 is 0 Å². The monoisotopic (exact) mass is 400 g/mol. The van der Waals surface area contributed by atoms with Crippen molar-refractivity contribution in [2.24, 2.45) is 0 Å². The Bertz CT molecular complexity index is 865. The molecule has 28 heavy (non-hydrogen) atoms. The molecule has 148 valence electrons. The first kappa shape index (κ1) is 18.9. The van der Waals surface area contributed by atoms with Crippen molar-refractivity contribution in [2.75, 3.05) is 38.6 Å². The molecular weight excluding hydrogens is 376 g/mol. The number of benzene rings is 1. The van der Waals surface area contributed by atoms with E-state index in [1.165, 1.54) is 4.88 Å². The van der Waals surface area contributed by atoms with E-state index in [0.717, 1.165) is 38.2 Å². The number of nitrogens with zero attached hydrogens (tertiary/aromatic N) is 3. The maximum atomic E-state index is 12.5. The van der Waals surface area contributed by atoms with Crippen LogP contribution in [-0.2, 0) is 17.8 Å². The lowest BCUT2D eigenvalue weighted by Crippen LogP contribution is -2.29. The fourth-order valence-corrected chi connectivity index (χ4v) is 4.55. The average molecular weight is 401 g/mol. The molecular formula is C20H24N4O3S. The Morgan fingerprint density at radius 1 is 1.25 bits per heavy atom. The number of rotatable bonds is 6. The Kier molecular flexibility index (Phi) is 5.59. The molecule has 0 bridgehead atoms. The zero-order chi connectivity index (χ0) is 19.5. The minimum Gasteiger partial charge on any atom is -0.492 e. The zero-order valence-electron chi connectivity index (χ0n) is 15.9. The highest BCUT2D eigenvalue weighted by Crippen LogP contribution is 2.28. The Morgan fingerprint density at radius 2 is 2.07 bits per heavy atom. The smallest absolute Gasteiger partial charge is 0.257 e. The molecule has 1 aromatic heterocycles. The molecule has 0 radical (unpaired) electrons. The number of ether oxygens (including phenoxy) is 1. The van der Waals surface area contributed by atoms with Crippen molar-refractivity contribution < 1.29 is 14.3 Å². The molecule has 1 fully saturated rings. The Labute approximate surface area is 168 Å². The summed E-state index contributed by atoms with van der Waals surface area (Å²) in [6.07, 6.45) is 2.50. The molecule has 1 saturated heterocycles. The maximum absolute atomic E-state index is 12.5. The average Bonchev–Trinajstić information content (AvgIpc) is 3.27. The largest absolute Gasteiger partial charge is 0.492 e. The van der Waals surface area contributed by atoms with E-state index in [0.29, 0.717) is 36.0 Å². The lowest BCUT2D eigenvalue weighted by Gasteiger charge is -2.20. The number of fused-ring (bicyclic) bond motifs is 1. The van der Waals surface area contributed by atoms with Crippen LogP contribution in [0.25, 0.3) is 0 Å². The molecule has 2 amide bonds. The van der Waals surface area contributed by atoms with Gasteiger partial charge in [0.1, 0.15) is 12.4 Å². The van der Waals surface area contributed by atoms with Gasteiger partial charge < -0.3 is 14.5 Å². The molecule has 2 aliphatic heterocycles. The highest BCUT2D eigenvalue weighted by molar-refractivity contribution is 7.15. The topological polar surface area (TPSA) is 74.8 Å². The van der Waals surface area contributed by atoms with Crippen molar-refractivity contribution in [3.05, 3.63) is 40.4 Å². The summed E-state index contributed by atoms with van der Waals surface area (Å²) in [6, 6.07) is 7.05. The van der Waals surface area contributed by atoms with Crippen LogP contribution in [-0.4, -0.2) is 59.9 Å². The lowest BCUT2D eigenvalue weighted by atomic mass is 10.2. The van der Waals surface area contributed by atoms with Crippen LogP contribution in [0.15, 0.2) is 24.3 Å². The van der Waals surface area contributed by atoms with Gasteiger partial charge in [-0.25, -0.2) is 4.98 Å². The van der Waals surface area contributed by atoms with Crippen LogP contribution >= 0.6 is 11.3 Å². The van der Waals surface area contributed by atoms with Crippen LogP contribution in [0.3, 0.4) is 0 Å². The molecule has 0 saturated carbocycles. The fraction of sp³-hybridized carbons (Fsp3) is 0.450. The van der Waals surface area contributed by atoms with Crippen molar-refractivity contribution in [2.45, 2.75) is 25.8 Å². The van der Waals surface area contributed by atoms with Gasteiger partial charge in [-0.2, -0.15) is 0 Å². The highest BCUT2D eigenvalue weighted by atomic mass is 32.1. The van der Waals surface area contributed by atoms with Gasteiger partial charge in [0, 0.05) is 42.9 Å². The summed E-state index contributed by atoms with van der Waals surface area (Å²) < 4.78 is 5.69. The molecule has 4 rings (SSSR count). The molecule has 0 unspecified atom stereocenters. The minimum absolute atomic E-state index is 0.173. The van der Waals surface area contributed by atoms with E-state index in [1.54, 1.807) is 35.6 Å². The molecule has 0 atom stereocenters. The third-order valence-electron chi connectivity index (χ3n) is 5.06. The molecule has 2 aromatic rings. The first-order valence-corrected chi connectivity index (χ1v) is 10.4. The third-order valence-corrected chi connectivity index (χ3v) is 6.06. The predicted molar refractivity (Wildman–Crippen MR) is 108 cm³/mol. The molecule has 7 nitrogen and oxygen atoms in total. The Hall–Kier alpha value is -2.45. The zero-order valence-corrected chi connectivity index (χ0v) is 16.8. The van der Waals surface area contributed by atoms with E-state index in [-0.39, 0.29) is 11.8 Å². The third kappa shape index (κ3) is 4.34. The summed E-state index contributed by atoms with van der Waals surface area (Å²) in [4.78, 5) is 33.9. The van der Waals surface area contributed by atoms with E-state index >= 15 is 0 Å². The summed E-state index contributed by atoms with van der Waals surface area (Å²) in [7, 11) is 2.09. The van der Waals surface area contributed by atoms with E-state index in [2.05, 4.69) is 22.2 Å². The van der Waals surface area contributed by atoms with E-state index in [4.69, 9.17) is 4.74 Å². The SMILES string of the molecule is CN1CCc2nc(NC(=O)c3ccc(OCCN4CCCC4=O)cc3)sc2C1. The summed E-state index contributed by atoms with van der Waals surface area (Å²) >= 11 is 1.55. The first-order chi connectivity index (χ1) is 13.6. The summed E-state index contributed by atoms with van der Waals surface area (Å²) in [5.74, 6) is 0.718. The Balaban J connectivity index is 1.29. The number of amides is 2. The summed E-state index contributed by atoms with van der Waals surface area (Å²) in [6.45, 7) is 3.76. The van der Waals surface area contributed by atoms with Gasteiger partial charge in [0.15, 0.2) is 5.13 Å². The van der Waals surface area contributed by atoms with Crippen molar-refractivity contribution in [1.29, 1.82) is 0 Å². The van der Waals surface area contributed by atoms with Crippen LogP contribution < -0.4 is 10.1 Å². The molecule has 0 aliphatic carbocycles. The summed E-state index contributed by atoms with van der Waals surface area (Å²) in [5.41, 5.74) is 1.66. The van der Waals surface area contributed by atoms with Gasteiger partial charge in [0.05, 0.1) is 12.2 Å². The van der Waals surface area contributed by atoms with Crippen LogP contribution in [0.4, 0.5) is 5.13 Å². The number of nitrogens with one attached hydrogen (secondary N) is 1. The number of likely N-dealkylation sites (tertiary alicyclic amines) is 1. The normalized spacial score (nSPS) is 16.9. The van der Waals surface area contributed by atoms with E-state index in [9.17, 15) is 9.59 Å². The molecule has 1 N–H and O–H groups in total. The molecule has 0 spiro atoms. The number of anilines is 1. The van der Waals surface area contributed by atoms with Gasteiger partial charge in [-0.3, -0.25) is 14.9 Å². The quantitative estimate of drug-likeness (QED) is 0.806. The fourth-order valence-electron chi connectivity index (χ4n) is 3.46. The van der Waals surface area contributed by atoms with E-state index < -0.39 is 0 Å². The number of carbonyl (C=O) groups is 2. The Morgan fingerprint density at radius 3 is 2.82 bits per heavy atom. The second-order valence-corrected chi connectivity index (χ2v) is 8.27. The van der Waals surface area contributed by atoms with Gasteiger partial charge in [0.2, 0.25) is 5.91 Å². The van der Waals surface area contributed by atoms with Crippen molar-refractivity contribution >= 4 is 28.3 Å². The second-order valence-electron chi connectivity index (χ2n) is 7.19. The van der Waals surface area contributed by atoms with Crippen LogP contribution in [0.2, 0.25) is 0 Å².